The maximum Gasteiger partial charge on any atom is 0.197 e. The Balaban J connectivity index is 2.30. The van der Waals surface area contributed by atoms with Gasteiger partial charge < -0.3 is 4.90 Å². The van der Waals surface area contributed by atoms with Crippen LogP contribution in [0.2, 0.25) is 0 Å². The van der Waals surface area contributed by atoms with Gasteiger partial charge in [0.2, 0.25) is 0 Å². The summed E-state index contributed by atoms with van der Waals surface area (Å²) in [7, 11) is 2.01. The van der Waals surface area contributed by atoms with Gasteiger partial charge in [-0.25, -0.2) is 0 Å². The SMILES string of the molecule is CN1C2=C(C=NC1Cl)CCC2. The van der Waals surface area contributed by atoms with Crippen LogP contribution >= 0.6 is 11.6 Å². The Hall–Kier alpha value is -0.500. The summed E-state index contributed by atoms with van der Waals surface area (Å²) in [6.07, 6.45) is 5.53. The van der Waals surface area contributed by atoms with E-state index in [1.165, 1.54) is 30.5 Å². The van der Waals surface area contributed by atoms with E-state index in [-0.39, 0.29) is 5.62 Å². The van der Waals surface area contributed by atoms with Gasteiger partial charge in [0.1, 0.15) is 0 Å². The summed E-state index contributed by atoms with van der Waals surface area (Å²) in [4.78, 5) is 6.22. The lowest BCUT2D eigenvalue weighted by atomic mass is 10.2. The molecular weight excluding hydrogens is 160 g/mol. The maximum absolute atomic E-state index is 5.93. The molecule has 0 saturated carbocycles. The molecule has 2 rings (SSSR count). The molecule has 2 nitrogen and oxygen atoms in total. The Morgan fingerprint density at radius 2 is 2.45 bits per heavy atom. The molecule has 0 aromatic carbocycles. The molecule has 3 heteroatoms. The first-order chi connectivity index (χ1) is 5.29. The van der Waals surface area contributed by atoms with Crippen molar-refractivity contribution >= 4 is 17.8 Å². The fourth-order valence-corrected chi connectivity index (χ4v) is 1.85. The van der Waals surface area contributed by atoms with Crippen molar-refractivity contribution in [1.82, 2.24) is 4.90 Å². The van der Waals surface area contributed by atoms with Crippen molar-refractivity contribution < 1.29 is 0 Å². The highest BCUT2D eigenvalue weighted by Crippen LogP contribution is 2.31. The van der Waals surface area contributed by atoms with E-state index in [0.717, 1.165) is 0 Å². The average Bonchev–Trinajstić information content (AvgIpc) is 2.45. The van der Waals surface area contributed by atoms with E-state index in [2.05, 4.69) is 9.89 Å². The smallest absolute Gasteiger partial charge is 0.197 e. The lowest BCUT2D eigenvalue weighted by Gasteiger charge is -2.27. The minimum atomic E-state index is -0.174. The van der Waals surface area contributed by atoms with Crippen LogP contribution in [0.5, 0.6) is 0 Å². The van der Waals surface area contributed by atoms with Gasteiger partial charge in [-0.2, -0.15) is 0 Å². The normalized spacial score (nSPS) is 29.6. The molecule has 11 heavy (non-hydrogen) atoms. The summed E-state index contributed by atoms with van der Waals surface area (Å²) >= 11 is 5.93. The van der Waals surface area contributed by atoms with Gasteiger partial charge in [0.25, 0.3) is 0 Å². The van der Waals surface area contributed by atoms with E-state index in [1.54, 1.807) is 0 Å². The van der Waals surface area contributed by atoms with Crippen LogP contribution in [0.1, 0.15) is 19.3 Å². The summed E-state index contributed by atoms with van der Waals surface area (Å²) < 4.78 is 0. The second-order valence-electron chi connectivity index (χ2n) is 3.03. The Morgan fingerprint density at radius 1 is 1.64 bits per heavy atom. The average molecular weight is 171 g/mol. The molecule has 0 N–H and O–H groups in total. The molecular formula is C8H11ClN2. The van der Waals surface area contributed by atoms with E-state index >= 15 is 0 Å². The van der Waals surface area contributed by atoms with Crippen LogP contribution in [-0.2, 0) is 0 Å². The van der Waals surface area contributed by atoms with Crippen molar-refractivity contribution in [3.8, 4) is 0 Å². The molecule has 0 saturated heterocycles. The monoisotopic (exact) mass is 170 g/mol. The number of halogens is 1. The zero-order valence-electron chi connectivity index (χ0n) is 6.55. The Morgan fingerprint density at radius 3 is 3.27 bits per heavy atom. The van der Waals surface area contributed by atoms with E-state index in [9.17, 15) is 0 Å². The number of hydrogen-bond donors (Lipinski definition) is 0. The van der Waals surface area contributed by atoms with Crippen molar-refractivity contribution in [3.63, 3.8) is 0 Å². The Bertz CT molecular complexity index is 232. The minimum Gasteiger partial charge on any atom is -0.344 e. The topological polar surface area (TPSA) is 15.6 Å². The van der Waals surface area contributed by atoms with Gasteiger partial charge in [-0.05, 0) is 24.8 Å². The Labute approximate surface area is 71.6 Å². The largest absolute Gasteiger partial charge is 0.344 e. The van der Waals surface area contributed by atoms with Crippen LogP contribution in [0.4, 0.5) is 0 Å². The van der Waals surface area contributed by atoms with Gasteiger partial charge in [0.05, 0.1) is 0 Å². The highest BCUT2D eigenvalue weighted by molar-refractivity contribution is 6.21. The van der Waals surface area contributed by atoms with Gasteiger partial charge in [0, 0.05) is 19.0 Å². The summed E-state index contributed by atoms with van der Waals surface area (Å²) in [5.74, 6) is 0. The molecule has 60 valence electrons. The number of rotatable bonds is 0. The molecule has 0 amide bonds. The standard InChI is InChI=1S/C8H11ClN2/c1-11-7-4-2-3-6(7)5-10-8(11)9/h5,8H,2-4H2,1H3. The molecule has 0 aromatic rings. The highest BCUT2D eigenvalue weighted by Gasteiger charge is 2.23. The number of aliphatic imine (C=N–C) groups is 1. The van der Waals surface area contributed by atoms with Crippen LogP contribution in [-0.4, -0.2) is 23.8 Å². The van der Waals surface area contributed by atoms with Crippen molar-refractivity contribution in [2.45, 2.75) is 24.9 Å². The third-order valence-electron chi connectivity index (χ3n) is 2.33. The molecule has 0 fully saturated rings. The molecule has 0 aromatic heterocycles. The number of alkyl halides is 1. The maximum atomic E-state index is 5.93. The van der Waals surface area contributed by atoms with E-state index in [0.29, 0.717) is 0 Å². The quantitative estimate of drug-likeness (QED) is 0.401. The third kappa shape index (κ3) is 1.06. The first-order valence-electron chi connectivity index (χ1n) is 3.91. The van der Waals surface area contributed by atoms with E-state index in [1.807, 2.05) is 13.3 Å². The first kappa shape index (κ1) is 7.17. The minimum absolute atomic E-state index is 0.174. The molecule has 1 heterocycles. The van der Waals surface area contributed by atoms with E-state index in [4.69, 9.17) is 11.6 Å². The summed E-state index contributed by atoms with van der Waals surface area (Å²) in [5.41, 5.74) is 2.59. The summed E-state index contributed by atoms with van der Waals surface area (Å²) in [5, 5.41) is 0. The van der Waals surface area contributed by atoms with Gasteiger partial charge >= 0.3 is 0 Å². The Kier molecular flexibility index (Phi) is 1.64. The highest BCUT2D eigenvalue weighted by atomic mass is 35.5. The molecule has 1 aliphatic carbocycles. The number of hydrogen-bond acceptors (Lipinski definition) is 2. The molecule has 1 atom stereocenters. The third-order valence-corrected chi connectivity index (χ3v) is 2.73. The predicted octanol–water partition coefficient (Wildman–Crippen LogP) is 1.96. The summed E-state index contributed by atoms with van der Waals surface area (Å²) in [6, 6.07) is 0. The lowest BCUT2D eigenvalue weighted by Crippen LogP contribution is -2.27. The van der Waals surface area contributed by atoms with Crippen molar-refractivity contribution in [2.75, 3.05) is 7.05 Å². The number of allylic oxidation sites excluding steroid dienone is 2. The van der Waals surface area contributed by atoms with Gasteiger partial charge in [0.15, 0.2) is 5.62 Å². The zero-order chi connectivity index (χ0) is 7.84. The predicted molar refractivity (Wildman–Crippen MR) is 46.8 cm³/mol. The lowest BCUT2D eigenvalue weighted by molar-refractivity contribution is 0.380. The zero-order valence-corrected chi connectivity index (χ0v) is 7.30. The van der Waals surface area contributed by atoms with Crippen LogP contribution in [0.15, 0.2) is 16.3 Å². The molecule has 2 aliphatic rings. The first-order valence-corrected chi connectivity index (χ1v) is 4.35. The van der Waals surface area contributed by atoms with Crippen LogP contribution < -0.4 is 0 Å². The van der Waals surface area contributed by atoms with Crippen LogP contribution in [0, 0.1) is 0 Å². The van der Waals surface area contributed by atoms with Gasteiger partial charge in [-0.3, -0.25) is 4.99 Å². The van der Waals surface area contributed by atoms with Crippen molar-refractivity contribution in [1.29, 1.82) is 0 Å². The van der Waals surface area contributed by atoms with Crippen LogP contribution in [0.3, 0.4) is 0 Å². The van der Waals surface area contributed by atoms with Gasteiger partial charge in [-0.1, -0.05) is 11.6 Å². The second kappa shape index (κ2) is 2.52. The molecule has 1 aliphatic heterocycles. The van der Waals surface area contributed by atoms with Crippen molar-refractivity contribution in [2.24, 2.45) is 4.99 Å². The van der Waals surface area contributed by atoms with Gasteiger partial charge in [-0.15, -0.1) is 0 Å². The molecule has 0 radical (unpaired) electrons. The van der Waals surface area contributed by atoms with Crippen molar-refractivity contribution in [3.05, 3.63) is 11.3 Å². The fourth-order valence-electron chi connectivity index (χ4n) is 1.67. The molecule has 0 bridgehead atoms. The van der Waals surface area contributed by atoms with Crippen LogP contribution in [0.25, 0.3) is 0 Å². The molecule has 1 unspecified atom stereocenters. The fraction of sp³-hybridized carbons (Fsp3) is 0.625. The van der Waals surface area contributed by atoms with E-state index < -0.39 is 0 Å². The number of nitrogens with zero attached hydrogens (tertiary/aromatic N) is 2. The molecule has 0 spiro atoms. The summed E-state index contributed by atoms with van der Waals surface area (Å²) in [6.45, 7) is 0. The second-order valence-corrected chi connectivity index (χ2v) is 3.42.